The molecule has 1 heterocycles. The number of fused-ring (bicyclic) bond motifs is 1. The van der Waals surface area contributed by atoms with Gasteiger partial charge in [-0.15, -0.1) is 0 Å². The summed E-state index contributed by atoms with van der Waals surface area (Å²) in [6.07, 6.45) is 0. The number of hydrogen-bond donors (Lipinski definition) is 1. The van der Waals surface area contributed by atoms with Gasteiger partial charge in [-0.2, -0.15) is 0 Å². The first kappa shape index (κ1) is 21.2. The van der Waals surface area contributed by atoms with Crippen molar-refractivity contribution in [3.05, 3.63) is 110 Å². The van der Waals surface area contributed by atoms with Crippen LogP contribution in [0.2, 0.25) is 0 Å². The van der Waals surface area contributed by atoms with E-state index in [2.05, 4.69) is 9.97 Å². The number of nitrogens with zero attached hydrogens (tertiary/aromatic N) is 1. The zero-order valence-corrected chi connectivity index (χ0v) is 18.1. The fourth-order valence-corrected chi connectivity index (χ4v) is 3.62. The Morgan fingerprint density at radius 3 is 2.41 bits per heavy atom. The molecule has 32 heavy (non-hydrogen) atoms. The number of nitrogens with one attached hydrogen (secondary N) is 1. The summed E-state index contributed by atoms with van der Waals surface area (Å²) in [4.78, 5) is 45.5. The SMILES string of the molecule is Cc1ccc(C)c(C(=O)c2ccccc2C(=O)OCc2nc3c(C)cccc3c(=O)[nH]2)c1. The summed E-state index contributed by atoms with van der Waals surface area (Å²) >= 11 is 0. The fraction of sp³-hybridized carbons (Fsp3) is 0.154. The van der Waals surface area contributed by atoms with E-state index >= 15 is 0 Å². The molecule has 3 aromatic carbocycles. The van der Waals surface area contributed by atoms with Gasteiger partial charge in [0.05, 0.1) is 16.5 Å². The molecule has 6 heteroatoms. The molecule has 6 nitrogen and oxygen atoms in total. The molecular formula is C26H22N2O4. The highest BCUT2D eigenvalue weighted by molar-refractivity contribution is 6.15. The van der Waals surface area contributed by atoms with Crippen LogP contribution in [0.15, 0.2) is 65.5 Å². The Hall–Kier alpha value is -4.06. The van der Waals surface area contributed by atoms with Crippen molar-refractivity contribution >= 4 is 22.7 Å². The van der Waals surface area contributed by atoms with E-state index in [4.69, 9.17) is 4.74 Å². The van der Waals surface area contributed by atoms with Crippen molar-refractivity contribution in [2.45, 2.75) is 27.4 Å². The minimum atomic E-state index is -0.660. The van der Waals surface area contributed by atoms with E-state index in [1.807, 2.05) is 45.0 Å². The van der Waals surface area contributed by atoms with Crippen molar-refractivity contribution in [3.8, 4) is 0 Å². The number of carbonyl (C=O) groups excluding carboxylic acids is 2. The van der Waals surface area contributed by atoms with Gasteiger partial charge in [-0.3, -0.25) is 9.59 Å². The van der Waals surface area contributed by atoms with Crippen molar-refractivity contribution in [1.29, 1.82) is 0 Å². The molecule has 0 aliphatic carbocycles. The maximum atomic E-state index is 13.2. The molecule has 0 radical (unpaired) electrons. The zero-order valence-electron chi connectivity index (χ0n) is 18.1. The number of aromatic amines is 1. The quantitative estimate of drug-likeness (QED) is 0.377. The molecule has 1 aromatic heterocycles. The van der Waals surface area contributed by atoms with Crippen LogP contribution in [0.25, 0.3) is 10.9 Å². The molecule has 0 atom stereocenters. The van der Waals surface area contributed by atoms with Gasteiger partial charge in [-0.25, -0.2) is 9.78 Å². The largest absolute Gasteiger partial charge is 0.454 e. The second-order valence-corrected chi connectivity index (χ2v) is 7.75. The number of hydrogen-bond acceptors (Lipinski definition) is 5. The Balaban J connectivity index is 1.61. The summed E-state index contributed by atoms with van der Waals surface area (Å²) in [7, 11) is 0. The second-order valence-electron chi connectivity index (χ2n) is 7.75. The number of aryl methyl sites for hydroxylation is 3. The Labute approximate surface area is 184 Å². The minimum absolute atomic E-state index is 0.165. The lowest BCUT2D eigenvalue weighted by atomic mass is 9.94. The summed E-state index contributed by atoms with van der Waals surface area (Å²) in [5.74, 6) is -0.665. The average Bonchev–Trinajstić information content (AvgIpc) is 2.79. The smallest absolute Gasteiger partial charge is 0.339 e. The number of para-hydroxylation sites is 1. The van der Waals surface area contributed by atoms with Crippen molar-refractivity contribution in [2.24, 2.45) is 0 Å². The summed E-state index contributed by atoms with van der Waals surface area (Å²) in [5.41, 5.74) is 3.88. The lowest BCUT2D eigenvalue weighted by Crippen LogP contribution is -2.17. The molecule has 0 bridgehead atoms. The normalized spacial score (nSPS) is 10.8. The maximum absolute atomic E-state index is 13.2. The number of benzene rings is 3. The molecule has 0 saturated carbocycles. The number of esters is 1. The molecule has 160 valence electrons. The van der Waals surface area contributed by atoms with Gasteiger partial charge >= 0.3 is 5.97 Å². The third kappa shape index (κ3) is 4.07. The number of aromatic nitrogens is 2. The first-order valence-corrected chi connectivity index (χ1v) is 10.2. The molecule has 0 fully saturated rings. The van der Waals surface area contributed by atoms with Crippen LogP contribution in [0.1, 0.15) is 48.8 Å². The molecule has 0 aliphatic heterocycles. The lowest BCUT2D eigenvalue weighted by Gasteiger charge is -2.11. The monoisotopic (exact) mass is 426 g/mol. The summed E-state index contributed by atoms with van der Waals surface area (Å²) in [5, 5.41) is 0.476. The van der Waals surface area contributed by atoms with Gasteiger partial charge in [0.15, 0.2) is 5.78 Å². The lowest BCUT2D eigenvalue weighted by molar-refractivity contribution is 0.0460. The standard InChI is InChI=1S/C26H22N2O4/c1-15-11-12-16(2)21(13-15)24(29)18-8-4-5-9-19(18)26(31)32-14-22-27-23-17(3)7-6-10-20(23)25(30)28-22/h4-13H,14H2,1-3H3,(H,27,28,30). The van der Waals surface area contributed by atoms with E-state index < -0.39 is 5.97 Å². The van der Waals surface area contributed by atoms with Crippen molar-refractivity contribution < 1.29 is 14.3 Å². The Morgan fingerprint density at radius 1 is 0.875 bits per heavy atom. The maximum Gasteiger partial charge on any atom is 0.339 e. The molecule has 0 saturated heterocycles. The third-order valence-electron chi connectivity index (χ3n) is 5.36. The van der Waals surface area contributed by atoms with Gasteiger partial charge in [0, 0.05) is 11.1 Å². The Morgan fingerprint density at radius 2 is 1.62 bits per heavy atom. The average molecular weight is 426 g/mol. The Bertz CT molecular complexity index is 1420. The molecule has 4 rings (SSSR count). The number of rotatable bonds is 5. The van der Waals surface area contributed by atoms with Crippen molar-refractivity contribution in [1.82, 2.24) is 9.97 Å². The number of ketones is 1. The van der Waals surface area contributed by atoms with Crippen LogP contribution in [-0.2, 0) is 11.3 Å². The molecule has 0 spiro atoms. The van der Waals surface area contributed by atoms with Crippen LogP contribution < -0.4 is 5.56 Å². The molecule has 4 aromatic rings. The van der Waals surface area contributed by atoms with Crippen LogP contribution in [0.3, 0.4) is 0 Å². The summed E-state index contributed by atoms with van der Waals surface area (Å²) < 4.78 is 5.41. The first-order chi connectivity index (χ1) is 15.3. The molecule has 0 unspecified atom stereocenters. The summed E-state index contributed by atoms with van der Waals surface area (Å²) in [6.45, 7) is 5.41. The van der Waals surface area contributed by atoms with Crippen LogP contribution in [0.4, 0.5) is 0 Å². The topological polar surface area (TPSA) is 89.1 Å². The van der Waals surface area contributed by atoms with Crippen molar-refractivity contribution in [2.75, 3.05) is 0 Å². The van der Waals surface area contributed by atoms with E-state index in [0.717, 1.165) is 16.7 Å². The van der Waals surface area contributed by atoms with Gasteiger partial charge < -0.3 is 9.72 Å². The second kappa shape index (κ2) is 8.59. The van der Waals surface area contributed by atoms with Gasteiger partial charge in [-0.05, 0) is 50.1 Å². The van der Waals surface area contributed by atoms with E-state index in [9.17, 15) is 14.4 Å². The van der Waals surface area contributed by atoms with Crippen LogP contribution in [0, 0.1) is 20.8 Å². The molecule has 0 aliphatic rings. The number of ether oxygens (including phenoxy) is 1. The fourth-order valence-electron chi connectivity index (χ4n) is 3.62. The van der Waals surface area contributed by atoms with Gasteiger partial charge in [-0.1, -0.05) is 48.0 Å². The number of carbonyl (C=O) groups is 2. The highest BCUT2D eigenvalue weighted by atomic mass is 16.5. The highest BCUT2D eigenvalue weighted by Gasteiger charge is 2.21. The molecular weight excluding hydrogens is 404 g/mol. The minimum Gasteiger partial charge on any atom is -0.454 e. The van der Waals surface area contributed by atoms with Crippen LogP contribution in [-0.4, -0.2) is 21.7 Å². The van der Waals surface area contributed by atoms with Crippen LogP contribution >= 0.6 is 0 Å². The van der Waals surface area contributed by atoms with E-state index in [-0.39, 0.29) is 34.9 Å². The molecule has 1 N–H and O–H groups in total. The van der Waals surface area contributed by atoms with Crippen LogP contribution in [0.5, 0.6) is 0 Å². The predicted octanol–water partition coefficient (Wildman–Crippen LogP) is 4.44. The Kier molecular flexibility index (Phi) is 5.69. The van der Waals surface area contributed by atoms with E-state index in [1.165, 1.54) is 0 Å². The van der Waals surface area contributed by atoms with E-state index in [1.54, 1.807) is 36.4 Å². The number of H-pyrrole nitrogens is 1. The van der Waals surface area contributed by atoms with Crippen molar-refractivity contribution in [3.63, 3.8) is 0 Å². The zero-order chi connectivity index (χ0) is 22.8. The summed E-state index contributed by atoms with van der Waals surface area (Å²) in [6, 6.07) is 17.5. The van der Waals surface area contributed by atoms with Gasteiger partial charge in [0.25, 0.3) is 5.56 Å². The van der Waals surface area contributed by atoms with E-state index in [0.29, 0.717) is 16.5 Å². The van der Waals surface area contributed by atoms with Gasteiger partial charge in [0.1, 0.15) is 12.4 Å². The third-order valence-corrected chi connectivity index (χ3v) is 5.36. The predicted molar refractivity (Wildman–Crippen MR) is 122 cm³/mol. The molecule has 0 amide bonds. The van der Waals surface area contributed by atoms with Gasteiger partial charge in [0.2, 0.25) is 0 Å². The first-order valence-electron chi connectivity index (χ1n) is 10.2. The highest BCUT2D eigenvalue weighted by Crippen LogP contribution is 2.20.